The summed E-state index contributed by atoms with van der Waals surface area (Å²) >= 11 is 0. The predicted molar refractivity (Wildman–Crippen MR) is 147 cm³/mol. The fraction of sp³-hybridized carbons (Fsp3) is 0.267. The number of rotatable bonds is 6. The van der Waals surface area contributed by atoms with E-state index in [1.807, 2.05) is 64.1 Å². The van der Waals surface area contributed by atoms with Crippen LogP contribution in [0.3, 0.4) is 0 Å². The van der Waals surface area contributed by atoms with Gasteiger partial charge in [-0.05, 0) is 69.9 Å². The van der Waals surface area contributed by atoms with E-state index in [1.54, 1.807) is 0 Å². The van der Waals surface area contributed by atoms with E-state index in [4.69, 9.17) is 19.9 Å². The van der Waals surface area contributed by atoms with Crippen LogP contribution in [0.1, 0.15) is 71.7 Å². The Morgan fingerprint density at radius 2 is 1.10 bits per heavy atom. The van der Waals surface area contributed by atoms with Crippen molar-refractivity contribution in [2.75, 3.05) is 0 Å². The number of allylic oxidation sites excluding steroid dienone is 2. The van der Waals surface area contributed by atoms with Crippen LogP contribution < -0.4 is 9.97 Å². The van der Waals surface area contributed by atoms with Crippen LogP contribution in [0.15, 0.2) is 24.3 Å². The summed E-state index contributed by atoms with van der Waals surface area (Å²) in [6.07, 6.45) is 4.61. The second kappa shape index (κ2) is 11.1. The van der Waals surface area contributed by atoms with Gasteiger partial charge < -0.3 is 20.2 Å². The molecule has 3 aromatic rings. The van der Waals surface area contributed by atoms with Crippen molar-refractivity contribution in [3.63, 3.8) is 0 Å². The van der Waals surface area contributed by atoms with Gasteiger partial charge in [-0.3, -0.25) is 9.59 Å². The van der Waals surface area contributed by atoms with Crippen LogP contribution in [0.5, 0.6) is 0 Å². The molecule has 0 atom stereocenters. The first-order valence-corrected chi connectivity index (χ1v) is 12.5. The van der Waals surface area contributed by atoms with Gasteiger partial charge in [0, 0.05) is 12.8 Å². The molecule has 202 valence electrons. The van der Waals surface area contributed by atoms with Crippen LogP contribution in [0.2, 0.25) is 0 Å². The molecule has 0 radical (unpaired) electrons. The van der Waals surface area contributed by atoms with Crippen molar-refractivity contribution in [3.05, 3.63) is 69.3 Å². The monoisotopic (exact) mass is 614 g/mol. The van der Waals surface area contributed by atoms with E-state index in [1.165, 1.54) is 0 Å². The van der Waals surface area contributed by atoms with Gasteiger partial charge in [0.15, 0.2) is 0 Å². The molecule has 5 rings (SSSR count). The number of carboxylic acids is 2. The van der Waals surface area contributed by atoms with Crippen LogP contribution in [0, 0.1) is 13.8 Å². The van der Waals surface area contributed by atoms with E-state index in [-0.39, 0.29) is 33.3 Å². The van der Waals surface area contributed by atoms with Gasteiger partial charge in [-0.1, -0.05) is 40.5 Å². The summed E-state index contributed by atoms with van der Waals surface area (Å²) < 4.78 is 0. The van der Waals surface area contributed by atoms with Gasteiger partial charge >= 0.3 is 32.4 Å². The van der Waals surface area contributed by atoms with E-state index in [2.05, 4.69) is 0 Å². The van der Waals surface area contributed by atoms with Crippen molar-refractivity contribution >= 4 is 57.3 Å². The number of carbonyl (C=O) groups is 2. The molecule has 8 nitrogen and oxygen atoms in total. The van der Waals surface area contributed by atoms with Crippen LogP contribution >= 0.6 is 0 Å². The summed E-state index contributed by atoms with van der Waals surface area (Å²) in [6.45, 7) is 7.89. The Morgan fingerprint density at radius 1 is 0.667 bits per heavy atom. The summed E-state index contributed by atoms with van der Waals surface area (Å²) in [6, 6.07) is 7.66. The summed E-state index contributed by atoms with van der Waals surface area (Å²) in [5.74, 6) is -1.76. The minimum Gasteiger partial charge on any atom is -0.657 e. The first-order valence-electron chi connectivity index (χ1n) is 12.5. The number of hydrogen-bond acceptors (Lipinski definition) is 4. The number of hydrogen-bond donors (Lipinski definition) is 2. The predicted octanol–water partition coefficient (Wildman–Crippen LogP) is 5.34. The molecule has 8 bridgehead atoms. The van der Waals surface area contributed by atoms with Gasteiger partial charge in [0.1, 0.15) is 0 Å². The summed E-state index contributed by atoms with van der Waals surface area (Å²) in [5, 5.41) is 18.7. The third-order valence-electron chi connectivity index (χ3n) is 7.10. The minimum atomic E-state index is -0.882. The Morgan fingerprint density at radius 3 is 1.59 bits per heavy atom. The molecular weight excluding hydrogens is 587 g/mol. The standard InChI is InChI=1S/C30H30N4O4.Pd/c1-15-9-20-12-25-17(3)21(5-7-29(35)36)27(33-25)14-28-22(6-8-30(37)38)18(4)26(34-28)13-24-16(2)10-19(32-24)11-23(15)31-20;/h9-14H,5-8H2,1-4H3,(H4,31,32,33,34,35,36,37,38);/q;+2/p-2. The van der Waals surface area contributed by atoms with Crippen molar-refractivity contribution in [1.82, 2.24) is 19.9 Å². The SMILES string of the molecule is CC1=Cc2cc3[n-]c(cc4[n-]c(cc5nc(cc1n2)C=C5C)c(C)c4CCC(=O)O)c(CCC(=O)O)c3C.[Pd+2]. The van der Waals surface area contributed by atoms with Gasteiger partial charge in [0.2, 0.25) is 0 Å². The molecule has 0 fully saturated rings. The quantitative estimate of drug-likeness (QED) is 0.356. The Kier molecular flexibility index (Phi) is 8.05. The zero-order valence-electron chi connectivity index (χ0n) is 22.1. The van der Waals surface area contributed by atoms with Gasteiger partial charge in [0.05, 0.1) is 22.8 Å². The molecule has 9 heteroatoms. The molecule has 3 aromatic heterocycles. The van der Waals surface area contributed by atoms with Crippen LogP contribution in [0.4, 0.5) is 0 Å². The molecule has 2 aliphatic rings. The summed E-state index contributed by atoms with van der Waals surface area (Å²) in [7, 11) is 0. The van der Waals surface area contributed by atoms with Crippen molar-refractivity contribution in [2.24, 2.45) is 0 Å². The first-order chi connectivity index (χ1) is 18.1. The Bertz CT molecular complexity index is 1730. The molecule has 0 aliphatic carbocycles. The van der Waals surface area contributed by atoms with Crippen LogP contribution in [0.25, 0.3) is 45.4 Å². The second-order valence-electron chi connectivity index (χ2n) is 9.84. The van der Waals surface area contributed by atoms with Crippen molar-refractivity contribution < 1.29 is 40.2 Å². The van der Waals surface area contributed by atoms with Crippen LogP contribution in [-0.4, -0.2) is 32.1 Å². The fourth-order valence-electron chi connectivity index (χ4n) is 4.96. The Balaban J connectivity index is 0.00000353. The van der Waals surface area contributed by atoms with E-state index in [0.717, 1.165) is 67.2 Å². The van der Waals surface area contributed by atoms with Crippen molar-refractivity contribution in [1.29, 1.82) is 0 Å². The molecule has 5 heterocycles. The molecule has 2 N–H and O–H groups in total. The van der Waals surface area contributed by atoms with Crippen LogP contribution in [-0.2, 0) is 42.9 Å². The maximum absolute atomic E-state index is 11.4. The number of nitrogens with zero attached hydrogens (tertiary/aromatic N) is 4. The number of aromatic nitrogens is 4. The average molecular weight is 615 g/mol. The Labute approximate surface area is 239 Å². The molecule has 39 heavy (non-hydrogen) atoms. The normalized spacial score (nSPS) is 12.5. The van der Waals surface area contributed by atoms with E-state index >= 15 is 0 Å². The van der Waals surface area contributed by atoms with E-state index in [0.29, 0.717) is 23.9 Å². The molecular formula is C30H28N4O4Pd. The Hall–Kier alpha value is -3.80. The average Bonchev–Trinajstić information content (AvgIpc) is 3.53. The van der Waals surface area contributed by atoms with Gasteiger partial charge in [0.25, 0.3) is 0 Å². The molecule has 0 amide bonds. The van der Waals surface area contributed by atoms with Gasteiger partial charge in [-0.25, -0.2) is 9.97 Å². The first kappa shape index (κ1) is 28.2. The number of carboxylic acid groups (broad SMARTS) is 2. The van der Waals surface area contributed by atoms with Gasteiger partial charge in [-0.15, -0.1) is 22.1 Å². The van der Waals surface area contributed by atoms with Gasteiger partial charge in [-0.2, -0.15) is 0 Å². The fourth-order valence-corrected chi connectivity index (χ4v) is 4.96. The minimum absolute atomic E-state index is 0. The summed E-state index contributed by atoms with van der Waals surface area (Å²) in [4.78, 5) is 42.2. The summed E-state index contributed by atoms with van der Waals surface area (Å²) in [5.41, 5.74) is 11.4. The van der Waals surface area contributed by atoms with Crippen molar-refractivity contribution in [3.8, 4) is 0 Å². The molecule has 0 unspecified atom stereocenters. The third-order valence-corrected chi connectivity index (χ3v) is 7.10. The topological polar surface area (TPSA) is 129 Å². The zero-order chi connectivity index (χ0) is 27.1. The molecule has 0 aromatic carbocycles. The van der Waals surface area contributed by atoms with E-state index in [9.17, 15) is 19.8 Å². The maximum atomic E-state index is 11.4. The molecule has 0 saturated carbocycles. The second-order valence-corrected chi connectivity index (χ2v) is 9.84. The van der Waals surface area contributed by atoms with Crippen molar-refractivity contribution in [2.45, 2.75) is 53.4 Å². The third kappa shape index (κ3) is 5.80. The number of aryl methyl sites for hydroxylation is 4. The van der Waals surface area contributed by atoms with E-state index < -0.39 is 11.9 Å². The number of aliphatic carboxylic acids is 2. The molecule has 0 saturated heterocycles. The molecule has 0 spiro atoms. The smallest absolute Gasteiger partial charge is 0.657 e. The number of fused-ring (bicyclic) bond motifs is 8. The zero-order valence-corrected chi connectivity index (χ0v) is 23.7. The maximum Gasteiger partial charge on any atom is 2.00 e. The molecule has 2 aliphatic heterocycles. The largest absolute Gasteiger partial charge is 2.00 e.